The number of halogens is 2. The molecule has 1 N–H and O–H groups in total. The Hall–Kier alpha value is -2.64. The third-order valence-electron chi connectivity index (χ3n) is 5.09. The van der Waals surface area contributed by atoms with Crippen LogP contribution in [-0.4, -0.2) is 28.9 Å². The van der Waals surface area contributed by atoms with Gasteiger partial charge in [0.05, 0.1) is 6.54 Å². The predicted molar refractivity (Wildman–Crippen MR) is 99.4 cm³/mol. The van der Waals surface area contributed by atoms with Crippen LogP contribution in [0.3, 0.4) is 0 Å². The average Bonchev–Trinajstić information content (AvgIpc) is 3.19. The molecule has 1 fully saturated rings. The van der Waals surface area contributed by atoms with Gasteiger partial charge in [-0.25, -0.2) is 8.78 Å². The fourth-order valence-electron chi connectivity index (χ4n) is 3.48. The highest BCUT2D eigenvalue weighted by molar-refractivity contribution is 5.53. The maximum Gasteiger partial charge on any atom is 0.240 e. The normalized spacial score (nSPS) is 16.2. The summed E-state index contributed by atoms with van der Waals surface area (Å²) >= 11 is 0. The molecule has 3 aromatic rings. The van der Waals surface area contributed by atoms with Crippen molar-refractivity contribution in [2.75, 3.05) is 13.2 Å². The number of benzene rings is 2. The van der Waals surface area contributed by atoms with Crippen molar-refractivity contribution >= 4 is 0 Å². The van der Waals surface area contributed by atoms with Crippen LogP contribution in [0.1, 0.15) is 24.3 Å². The highest BCUT2D eigenvalue weighted by Gasteiger charge is 2.32. The van der Waals surface area contributed by atoms with Crippen LogP contribution in [0.4, 0.5) is 8.78 Å². The van der Waals surface area contributed by atoms with Crippen molar-refractivity contribution in [3.63, 3.8) is 0 Å². The van der Waals surface area contributed by atoms with Crippen molar-refractivity contribution in [2.45, 2.75) is 31.3 Å². The first-order chi connectivity index (χ1) is 13.6. The monoisotopic (exact) mass is 385 g/mol. The van der Waals surface area contributed by atoms with Crippen LogP contribution in [-0.2, 0) is 17.7 Å². The molecule has 2 aromatic carbocycles. The highest BCUT2D eigenvalue weighted by atomic mass is 19.1. The first-order valence-corrected chi connectivity index (χ1v) is 9.28. The molecule has 0 amide bonds. The van der Waals surface area contributed by atoms with Crippen molar-refractivity contribution in [1.29, 1.82) is 0 Å². The molecule has 1 aromatic heterocycles. The van der Waals surface area contributed by atoms with Gasteiger partial charge in [-0.3, -0.25) is 0 Å². The number of nitrogens with one attached hydrogen (secondary N) is 1. The molecule has 7 heteroatoms. The van der Waals surface area contributed by atoms with Crippen molar-refractivity contribution in [3.05, 3.63) is 71.6 Å². The van der Waals surface area contributed by atoms with E-state index in [-0.39, 0.29) is 17.2 Å². The van der Waals surface area contributed by atoms with Crippen LogP contribution in [0.25, 0.3) is 11.4 Å². The number of nitrogens with zero attached hydrogens (tertiary/aromatic N) is 2. The smallest absolute Gasteiger partial charge is 0.240 e. The van der Waals surface area contributed by atoms with Crippen LogP contribution in [0.2, 0.25) is 0 Å². The van der Waals surface area contributed by atoms with Crippen molar-refractivity contribution in [1.82, 2.24) is 15.5 Å². The number of aromatic nitrogens is 2. The second-order valence-electron chi connectivity index (χ2n) is 7.07. The molecule has 146 valence electrons. The van der Waals surface area contributed by atoms with Crippen molar-refractivity contribution in [3.8, 4) is 11.4 Å². The van der Waals surface area contributed by atoms with E-state index in [1.54, 1.807) is 12.1 Å². The number of hydrogen-bond donors (Lipinski definition) is 1. The van der Waals surface area contributed by atoms with Gasteiger partial charge in [-0.2, -0.15) is 4.98 Å². The lowest BCUT2D eigenvalue weighted by Crippen LogP contribution is -2.50. The van der Waals surface area contributed by atoms with E-state index in [2.05, 4.69) is 15.5 Å². The molecule has 28 heavy (non-hydrogen) atoms. The summed E-state index contributed by atoms with van der Waals surface area (Å²) in [7, 11) is 0. The molecule has 1 saturated heterocycles. The third-order valence-corrected chi connectivity index (χ3v) is 5.09. The van der Waals surface area contributed by atoms with Gasteiger partial charge in [0.25, 0.3) is 0 Å². The molecule has 2 heterocycles. The van der Waals surface area contributed by atoms with Gasteiger partial charge < -0.3 is 14.6 Å². The minimum atomic E-state index is -0.309. The highest BCUT2D eigenvalue weighted by Crippen LogP contribution is 2.26. The van der Waals surface area contributed by atoms with Crippen LogP contribution in [0.15, 0.2) is 53.1 Å². The van der Waals surface area contributed by atoms with E-state index in [9.17, 15) is 8.78 Å². The molecule has 0 atom stereocenters. The van der Waals surface area contributed by atoms with Crippen LogP contribution in [0, 0.1) is 11.6 Å². The zero-order valence-electron chi connectivity index (χ0n) is 15.3. The Bertz CT molecular complexity index is 904. The maximum atomic E-state index is 13.2. The molecule has 0 spiro atoms. The van der Waals surface area contributed by atoms with Gasteiger partial charge in [-0.1, -0.05) is 17.3 Å². The minimum Gasteiger partial charge on any atom is -0.381 e. The van der Waals surface area contributed by atoms with Crippen LogP contribution in [0.5, 0.6) is 0 Å². The summed E-state index contributed by atoms with van der Waals surface area (Å²) in [6.45, 7) is 1.74. The summed E-state index contributed by atoms with van der Waals surface area (Å²) in [5.41, 5.74) is 1.58. The van der Waals surface area contributed by atoms with E-state index >= 15 is 0 Å². The Labute approximate surface area is 161 Å². The quantitative estimate of drug-likeness (QED) is 0.697. The molecule has 1 aliphatic rings. The number of rotatable bonds is 6. The molecule has 0 aliphatic carbocycles. The van der Waals surface area contributed by atoms with Gasteiger partial charge in [-0.05, 0) is 61.2 Å². The Morgan fingerprint density at radius 2 is 1.57 bits per heavy atom. The fraction of sp³-hybridized carbons (Fsp3) is 0.333. The number of hydrogen-bond acceptors (Lipinski definition) is 5. The molecular formula is C21H21F2N3O2. The van der Waals surface area contributed by atoms with E-state index in [0.717, 1.165) is 24.8 Å². The number of ether oxygens (including phenoxy) is 1. The second kappa shape index (κ2) is 8.16. The summed E-state index contributed by atoms with van der Waals surface area (Å²) < 4.78 is 37.2. The van der Waals surface area contributed by atoms with E-state index in [0.29, 0.717) is 37.0 Å². The maximum absolute atomic E-state index is 13.2. The summed E-state index contributed by atoms with van der Waals surface area (Å²) in [4.78, 5) is 4.40. The van der Waals surface area contributed by atoms with Gasteiger partial charge >= 0.3 is 0 Å². The third kappa shape index (κ3) is 4.43. The Morgan fingerprint density at radius 1 is 0.929 bits per heavy atom. The minimum absolute atomic E-state index is 0.180. The lowest BCUT2D eigenvalue weighted by atomic mass is 9.83. The SMILES string of the molecule is Fc1ccc(CC2(NCc3nc(-c4ccc(F)cc4)no3)CCOCC2)cc1. The Balaban J connectivity index is 1.46. The Kier molecular flexibility index (Phi) is 5.45. The molecular weight excluding hydrogens is 364 g/mol. The summed E-state index contributed by atoms with van der Waals surface area (Å²) in [6.07, 6.45) is 2.43. The van der Waals surface area contributed by atoms with Gasteiger partial charge in [-0.15, -0.1) is 0 Å². The van der Waals surface area contributed by atoms with E-state index in [1.807, 2.05) is 12.1 Å². The topological polar surface area (TPSA) is 60.2 Å². The van der Waals surface area contributed by atoms with Gasteiger partial charge in [0.15, 0.2) is 0 Å². The first-order valence-electron chi connectivity index (χ1n) is 9.28. The van der Waals surface area contributed by atoms with Crippen molar-refractivity contribution < 1.29 is 18.0 Å². The second-order valence-corrected chi connectivity index (χ2v) is 7.07. The molecule has 0 radical (unpaired) electrons. The van der Waals surface area contributed by atoms with Gasteiger partial charge in [0.2, 0.25) is 11.7 Å². The molecule has 0 unspecified atom stereocenters. The van der Waals surface area contributed by atoms with E-state index in [4.69, 9.17) is 9.26 Å². The summed E-state index contributed by atoms with van der Waals surface area (Å²) in [5, 5.41) is 7.54. The molecule has 1 aliphatic heterocycles. The molecule has 5 nitrogen and oxygen atoms in total. The largest absolute Gasteiger partial charge is 0.381 e. The average molecular weight is 385 g/mol. The van der Waals surface area contributed by atoms with E-state index < -0.39 is 0 Å². The Morgan fingerprint density at radius 3 is 2.25 bits per heavy atom. The van der Waals surface area contributed by atoms with Crippen LogP contribution < -0.4 is 5.32 Å². The molecule has 4 rings (SSSR count). The summed E-state index contributed by atoms with van der Waals surface area (Å²) in [6, 6.07) is 12.6. The molecule has 0 bridgehead atoms. The predicted octanol–water partition coefficient (Wildman–Crippen LogP) is 3.90. The zero-order valence-corrected chi connectivity index (χ0v) is 15.3. The van der Waals surface area contributed by atoms with Gasteiger partial charge in [0.1, 0.15) is 11.6 Å². The lowest BCUT2D eigenvalue weighted by molar-refractivity contribution is 0.0362. The molecule has 0 saturated carbocycles. The first kappa shape index (κ1) is 18.7. The lowest BCUT2D eigenvalue weighted by Gasteiger charge is -2.38. The van der Waals surface area contributed by atoms with Crippen molar-refractivity contribution in [2.24, 2.45) is 0 Å². The van der Waals surface area contributed by atoms with Gasteiger partial charge in [0, 0.05) is 24.3 Å². The summed E-state index contributed by atoms with van der Waals surface area (Å²) in [5.74, 6) is 0.342. The zero-order chi connectivity index (χ0) is 19.4. The standard InChI is InChI=1S/C21H21F2N3O2/c22-17-5-1-15(2-6-17)13-21(9-11-27-12-10-21)24-14-19-25-20(26-28-19)16-3-7-18(23)8-4-16/h1-8,24H,9-14H2. The van der Waals surface area contributed by atoms with E-state index in [1.165, 1.54) is 24.3 Å². The fourth-order valence-corrected chi connectivity index (χ4v) is 3.48. The van der Waals surface area contributed by atoms with Crippen LogP contribution >= 0.6 is 0 Å².